The molecule has 0 atom stereocenters. The first-order chi connectivity index (χ1) is 9.30. The van der Waals surface area contributed by atoms with Crippen LogP contribution in [0.2, 0.25) is 0 Å². The van der Waals surface area contributed by atoms with Gasteiger partial charge in [-0.1, -0.05) is 19.9 Å². The molecule has 0 saturated heterocycles. The summed E-state index contributed by atoms with van der Waals surface area (Å²) in [7, 11) is 4.01. The molecule has 1 aromatic heterocycles. The van der Waals surface area contributed by atoms with E-state index in [0.29, 0.717) is 11.4 Å². The van der Waals surface area contributed by atoms with Crippen LogP contribution < -0.4 is 10.6 Å². The number of hydrogen-bond acceptors (Lipinski definition) is 4. The molecule has 0 fully saturated rings. The van der Waals surface area contributed by atoms with E-state index in [1.807, 2.05) is 25.5 Å². The first-order valence-electron chi connectivity index (χ1n) is 6.53. The van der Waals surface area contributed by atoms with Gasteiger partial charge in [-0.15, -0.1) is 11.3 Å². The minimum absolute atomic E-state index is 0.00305. The van der Waals surface area contributed by atoms with Crippen molar-refractivity contribution in [1.29, 1.82) is 0 Å². The number of nitrogens with zero attached hydrogens (tertiary/aromatic N) is 1. The predicted molar refractivity (Wildman–Crippen MR) is 82.0 cm³/mol. The summed E-state index contributed by atoms with van der Waals surface area (Å²) in [5.74, 6) is -0.371. The van der Waals surface area contributed by atoms with Gasteiger partial charge in [0.15, 0.2) is 0 Å². The average molecular weight is 297 g/mol. The Balaban J connectivity index is 2.29. The van der Waals surface area contributed by atoms with E-state index in [2.05, 4.69) is 29.4 Å². The summed E-state index contributed by atoms with van der Waals surface area (Å²) >= 11 is 1.36. The lowest BCUT2D eigenvalue weighted by Crippen LogP contribution is -2.43. The summed E-state index contributed by atoms with van der Waals surface area (Å²) < 4.78 is 0. The lowest BCUT2D eigenvalue weighted by Gasteiger charge is -2.28. The molecule has 6 heteroatoms. The van der Waals surface area contributed by atoms with Gasteiger partial charge in [0.1, 0.15) is 0 Å². The van der Waals surface area contributed by atoms with Crippen LogP contribution in [0, 0.1) is 5.41 Å². The van der Waals surface area contributed by atoms with Crippen LogP contribution in [-0.4, -0.2) is 50.4 Å². The largest absolute Gasteiger partial charge is 0.354 e. The highest BCUT2D eigenvalue weighted by Crippen LogP contribution is 2.13. The van der Waals surface area contributed by atoms with Crippen molar-refractivity contribution in [3.63, 3.8) is 0 Å². The van der Waals surface area contributed by atoms with Crippen LogP contribution in [0.4, 0.5) is 0 Å². The van der Waals surface area contributed by atoms with E-state index in [0.717, 1.165) is 6.54 Å². The van der Waals surface area contributed by atoms with E-state index < -0.39 is 0 Å². The van der Waals surface area contributed by atoms with Crippen LogP contribution in [-0.2, 0) is 4.79 Å². The molecule has 5 nitrogen and oxygen atoms in total. The van der Waals surface area contributed by atoms with Crippen molar-refractivity contribution in [2.75, 3.05) is 33.7 Å². The standard InChI is InChI=1S/C14H23N3O2S/c1-14(2,10-17(3)4)9-16-12(18)8-15-13(19)11-6-5-7-20-11/h5-7H,8-10H2,1-4H3,(H,15,19)(H,16,18). The molecule has 0 radical (unpaired) electrons. The molecule has 0 aliphatic rings. The molecule has 2 amide bonds. The zero-order valence-corrected chi connectivity index (χ0v) is 13.3. The summed E-state index contributed by atoms with van der Waals surface area (Å²) in [5.41, 5.74) is -0.00305. The van der Waals surface area contributed by atoms with Crippen molar-refractivity contribution in [3.8, 4) is 0 Å². The monoisotopic (exact) mass is 297 g/mol. The fourth-order valence-corrected chi connectivity index (χ4v) is 2.61. The minimum atomic E-state index is -0.206. The van der Waals surface area contributed by atoms with Gasteiger partial charge in [0, 0.05) is 13.1 Å². The number of carbonyl (C=O) groups is 2. The molecule has 0 aliphatic heterocycles. The molecule has 0 saturated carbocycles. The van der Waals surface area contributed by atoms with E-state index in [1.54, 1.807) is 6.07 Å². The summed E-state index contributed by atoms with van der Waals surface area (Å²) in [4.78, 5) is 26.1. The first kappa shape index (κ1) is 16.7. The summed E-state index contributed by atoms with van der Waals surface area (Å²) in [6.45, 7) is 5.66. The third-order valence-corrected chi connectivity index (χ3v) is 3.53. The van der Waals surface area contributed by atoms with Gasteiger partial charge in [-0.05, 0) is 31.0 Å². The number of thiophene rings is 1. The Morgan fingerprint density at radius 1 is 1.30 bits per heavy atom. The molecular formula is C14H23N3O2S. The van der Waals surface area contributed by atoms with Crippen LogP contribution >= 0.6 is 11.3 Å². The lowest BCUT2D eigenvalue weighted by molar-refractivity contribution is -0.120. The van der Waals surface area contributed by atoms with E-state index in [-0.39, 0.29) is 23.8 Å². The molecule has 1 rings (SSSR count). The van der Waals surface area contributed by atoms with E-state index in [9.17, 15) is 9.59 Å². The van der Waals surface area contributed by atoms with Gasteiger partial charge in [0.2, 0.25) is 5.91 Å². The smallest absolute Gasteiger partial charge is 0.261 e. The lowest BCUT2D eigenvalue weighted by atomic mass is 9.93. The highest BCUT2D eigenvalue weighted by Gasteiger charge is 2.19. The topological polar surface area (TPSA) is 61.4 Å². The van der Waals surface area contributed by atoms with Crippen LogP contribution in [0.3, 0.4) is 0 Å². The number of nitrogens with one attached hydrogen (secondary N) is 2. The Bertz CT molecular complexity index is 441. The summed E-state index contributed by atoms with van der Waals surface area (Å²) in [6.07, 6.45) is 0. The molecule has 2 N–H and O–H groups in total. The molecule has 20 heavy (non-hydrogen) atoms. The molecule has 1 heterocycles. The molecule has 1 aromatic rings. The van der Waals surface area contributed by atoms with Crippen molar-refractivity contribution >= 4 is 23.2 Å². The fourth-order valence-electron chi connectivity index (χ4n) is 1.97. The van der Waals surface area contributed by atoms with Crippen molar-refractivity contribution < 1.29 is 9.59 Å². The van der Waals surface area contributed by atoms with Gasteiger partial charge < -0.3 is 15.5 Å². The molecule has 0 aliphatic carbocycles. The molecular weight excluding hydrogens is 274 g/mol. The fraction of sp³-hybridized carbons (Fsp3) is 0.571. The number of carbonyl (C=O) groups excluding carboxylic acids is 2. The molecule has 0 unspecified atom stereocenters. The Morgan fingerprint density at radius 2 is 2.00 bits per heavy atom. The van der Waals surface area contributed by atoms with Crippen LogP contribution in [0.25, 0.3) is 0 Å². The highest BCUT2D eigenvalue weighted by molar-refractivity contribution is 7.12. The second kappa shape index (κ2) is 7.40. The van der Waals surface area contributed by atoms with Crippen LogP contribution in [0.15, 0.2) is 17.5 Å². The normalized spacial score (nSPS) is 11.4. The van der Waals surface area contributed by atoms with Crippen LogP contribution in [0.5, 0.6) is 0 Å². The van der Waals surface area contributed by atoms with Crippen molar-refractivity contribution in [2.45, 2.75) is 13.8 Å². The van der Waals surface area contributed by atoms with E-state index in [1.165, 1.54) is 11.3 Å². The van der Waals surface area contributed by atoms with Crippen LogP contribution in [0.1, 0.15) is 23.5 Å². The Hall–Kier alpha value is -1.40. The van der Waals surface area contributed by atoms with E-state index >= 15 is 0 Å². The molecule has 112 valence electrons. The molecule has 0 aromatic carbocycles. The van der Waals surface area contributed by atoms with Crippen molar-refractivity contribution in [3.05, 3.63) is 22.4 Å². The first-order valence-corrected chi connectivity index (χ1v) is 7.41. The van der Waals surface area contributed by atoms with E-state index in [4.69, 9.17) is 0 Å². The third kappa shape index (κ3) is 6.16. The number of hydrogen-bond donors (Lipinski definition) is 2. The minimum Gasteiger partial charge on any atom is -0.354 e. The second-order valence-corrected chi connectivity index (χ2v) is 6.79. The Labute approximate surface area is 124 Å². The van der Waals surface area contributed by atoms with Crippen molar-refractivity contribution in [1.82, 2.24) is 15.5 Å². The highest BCUT2D eigenvalue weighted by atomic mass is 32.1. The van der Waals surface area contributed by atoms with Gasteiger partial charge in [-0.2, -0.15) is 0 Å². The predicted octanol–water partition coefficient (Wildman–Crippen LogP) is 1.18. The second-order valence-electron chi connectivity index (χ2n) is 5.84. The zero-order chi connectivity index (χ0) is 15.2. The Morgan fingerprint density at radius 3 is 2.55 bits per heavy atom. The Kier molecular flexibility index (Phi) is 6.16. The van der Waals surface area contributed by atoms with Gasteiger partial charge >= 0.3 is 0 Å². The molecule has 0 spiro atoms. The van der Waals surface area contributed by atoms with Gasteiger partial charge in [-0.25, -0.2) is 0 Å². The zero-order valence-electron chi connectivity index (χ0n) is 12.5. The summed E-state index contributed by atoms with van der Waals surface area (Å²) in [5, 5.41) is 7.30. The maximum atomic E-state index is 11.7. The van der Waals surface area contributed by atoms with Gasteiger partial charge in [-0.3, -0.25) is 9.59 Å². The SMILES string of the molecule is CN(C)CC(C)(C)CNC(=O)CNC(=O)c1cccs1. The van der Waals surface area contributed by atoms with Crippen molar-refractivity contribution in [2.24, 2.45) is 5.41 Å². The number of rotatable bonds is 7. The third-order valence-electron chi connectivity index (χ3n) is 2.66. The van der Waals surface area contributed by atoms with Gasteiger partial charge in [0.05, 0.1) is 11.4 Å². The number of amides is 2. The maximum Gasteiger partial charge on any atom is 0.261 e. The van der Waals surface area contributed by atoms with Gasteiger partial charge in [0.25, 0.3) is 5.91 Å². The maximum absolute atomic E-state index is 11.7. The quantitative estimate of drug-likeness (QED) is 0.794. The summed E-state index contributed by atoms with van der Waals surface area (Å²) in [6, 6.07) is 3.54. The average Bonchev–Trinajstić information content (AvgIpc) is 2.85. The molecule has 0 bridgehead atoms.